The Hall–Kier alpha value is -2.94. The van der Waals surface area contributed by atoms with Crippen LogP contribution < -0.4 is 9.62 Å². The SMILES string of the molecule is CC[C@H](C(=O)N[C@H](CC)c1ccc(C)cc1C)N(c1cccc([N+](=O)[O-])c1)S(C)(=O)=O. The third-order valence-corrected chi connectivity index (χ3v) is 6.33. The first-order valence-corrected chi connectivity index (χ1v) is 12.0. The van der Waals surface area contributed by atoms with Gasteiger partial charge in [-0.1, -0.05) is 43.7 Å². The maximum Gasteiger partial charge on any atom is 0.271 e. The number of sulfonamides is 1. The zero-order valence-electron chi connectivity index (χ0n) is 18.5. The number of hydrogen-bond donors (Lipinski definition) is 1. The molecule has 9 heteroatoms. The topological polar surface area (TPSA) is 110 Å². The lowest BCUT2D eigenvalue weighted by Crippen LogP contribution is -2.50. The number of nitro benzene ring substituents is 1. The molecule has 0 aliphatic heterocycles. The number of benzene rings is 2. The molecule has 0 saturated heterocycles. The van der Waals surface area contributed by atoms with Crippen LogP contribution in [0.3, 0.4) is 0 Å². The summed E-state index contributed by atoms with van der Waals surface area (Å²) in [4.78, 5) is 23.8. The molecule has 0 aliphatic rings. The van der Waals surface area contributed by atoms with Gasteiger partial charge in [-0.15, -0.1) is 0 Å². The standard InChI is InChI=1S/C22H29N3O5S/c1-6-20(19-12-11-15(3)13-16(19)4)23-22(26)21(7-2)24(31(5,29)30)17-9-8-10-18(14-17)25(27)28/h8-14,20-21H,6-7H2,1-5H3,(H,23,26)/t20-,21-/m1/s1. The van der Waals surface area contributed by atoms with Crippen molar-refractivity contribution in [2.45, 2.75) is 52.6 Å². The van der Waals surface area contributed by atoms with Gasteiger partial charge in [0, 0.05) is 12.1 Å². The number of carbonyl (C=O) groups is 1. The quantitative estimate of drug-likeness (QED) is 0.461. The van der Waals surface area contributed by atoms with E-state index in [0.717, 1.165) is 27.3 Å². The highest BCUT2D eigenvalue weighted by Crippen LogP contribution is 2.28. The molecule has 0 aromatic heterocycles. The second-order valence-electron chi connectivity index (χ2n) is 7.59. The number of carbonyl (C=O) groups excluding carboxylic acids is 1. The highest BCUT2D eigenvalue weighted by atomic mass is 32.2. The van der Waals surface area contributed by atoms with Crippen molar-refractivity contribution in [2.75, 3.05) is 10.6 Å². The van der Waals surface area contributed by atoms with Gasteiger partial charge in [0.2, 0.25) is 15.9 Å². The first-order chi connectivity index (χ1) is 14.5. The summed E-state index contributed by atoms with van der Waals surface area (Å²) in [6.45, 7) is 7.62. The second kappa shape index (κ2) is 9.91. The molecule has 0 spiro atoms. The Morgan fingerprint density at radius 1 is 1.13 bits per heavy atom. The molecule has 0 unspecified atom stereocenters. The average Bonchev–Trinajstić information content (AvgIpc) is 2.69. The first kappa shape index (κ1) is 24.3. The molecule has 31 heavy (non-hydrogen) atoms. The zero-order valence-corrected chi connectivity index (χ0v) is 19.3. The minimum absolute atomic E-state index is 0.0817. The van der Waals surface area contributed by atoms with Gasteiger partial charge in [-0.2, -0.15) is 0 Å². The fraction of sp³-hybridized carbons (Fsp3) is 0.409. The molecule has 2 atom stereocenters. The molecular formula is C22H29N3O5S. The van der Waals surface area contributed by atoms with E-state index < -0.39 is 26.9 Å². The maximum atomic E-state index is 13.2. The van der Waals surface area contributed by atoms with E-state index in [4.69, 9.17) is 0 Å². The molecule has 2 aromatic rings. The Morgan fingerprint density at radius 2 is 1.81 bits per heavy atom. The van der Waals surface area contributed by atoms with E-state index in [-0.39, 0.29) is 23.8 Å². The van der Waals surface area contributed by atoms with E-state index >= 15 is 0 Å². The lowest BCUT2D eigenvalue weighted by molar-refractivity contribution is -0.384. The predicted molar refractivity (Wildman–Crippen MR) is 122 cm³/mol. The summed E-state index contributed by atoms with van der Waals surface area (Å²) in [5.41, 5.74) is 2.96. The van der Waals surface area contributed by atoms with Gasteiger partial charge in [-0.3, -0.25) is 19.2 Å². The van der Waals surface area contributed by atoms with Crippen molar-refractivity contribution in [3.8, 4) is 0 Å². The number of non-ortho nitro benzene ring substituents is 1. The van der Waals surface area contributed by atoms with Crippen LogP contribution in [0.15, 0.2) is 42.5 Å². The summed E-state index contributed by atoms with van der Waals surface area (Å²) in [6, 6.07) is 9.94. The molecule has 0 aliphatic carbocycles. The monoisotopic (exact) mass is 447 g/mol. The van der Waals surface area contributed by atoms with Crippen LogP contribution in [0, 0.1) is 24.0 Å². The highest BCUT2D eigenvalue weighted by molar-refractivity contribution is 7.92. The maximum absolute atomic E-state index is 13.2. The Balaban J connectivity index is 2.42. The van der Waals surface area contributed by atoms with Crippen LogP contribution in [0.2, 0.25) is 0 Å². The largest absolute Gasteiger partial charge is 0.347 e. The van der Waals surface area contributed by atoms with Crippen molar-refractivity contribution in [1.82, 2.24) is 5.32 Å². The number of nitro groups is 1. The second-order valence-corrected chi connectivity index (χ2v) is 9.45. The van der Waals surface area contributed by atoms with Crippen molar-refractivity contribution in [3.63, 3.8) is 0 Å². The van der Waals surface area contributed by atoms with Gasteiger partial charge in [0.25, 0.3) is 5.69 Å². The van der Waals surface area contributed by atoms with E-state index in [1.807, 2.05) is 39.0 Å². The number of aryl methyl sites for hydroxylation is 2. The summed E-state index contributed by atoms with van der Waals surface area (Å²) in [5.74, 6) is -0.453. The molecule has 0 saturated carbocycles. The van der Waals surface area contributed by atoms with E-state index in [1.165, 1.54) is 24.3 Å². The minimum Gasteiger partial charge on any atom is -0.347 e. The van der Waals surface area contributed by atoms with Crippen molar-refractivity contribution in [1.29, 1.82) is 0 Å². The molecule has 1 amide bonds. The molecule has 2 rings (SSSR count). The van der Waals surface area contributed by atoms with Crippen LogP contribution in [0.25, 0.3) is 0 Å². The third-order valence-electron chi connectivity index (χ3n) is 5.15. The van der Waals surface area contributed by atoms with Gasteiger partial charge in [0.15, 0.2) is 0 Å². The lowest BCUT2D eigenvalue weighted by atomic mass is 9.97. The van der Waals surface area contributed by atoms with E-state index in [1.54, 1.807) is 6.92 Å². The zero-order chi connectivity index (χ0) is 23.3. The van der Waals surface area contributed by atoms with Crippen LogP contribution in [-0.4, -0.2) is 31.5 Å². The van der Waals surface area contributed by atoms with Gasteiger partial charge in [0.1, 0.15) is 6.04 Å². The molecule has 0 heterocycles. The molecular weight excluding hydrogens is 418 g/mol. The van der Waals surface area contributed by atoms with Crippen LogP contribution in [0.4, 0.5) is 11.4 Å². The first-order valence-electron chi connectivity index (χ1n) is 10.1. The van der Waals surface area contributed by atoms with E-state index in [9.17, 15) is 23.3 Å². The number of amides is 1. The summed E-state index contributed by atoms with van der Waals surface area (Å²) >= 11 is 0. The summed E-state index contributed by atoms with van der Waals surface area (Å²) in [5, 5.41) is 14.1. The van der Waals surface area contributed by atoms with E-state index in [2.05, 4.69) is 5.32 Å². The Kier molecular flexibility index (Phi) is 7.78. The van der Waals surface area contributed by atoms with Crippen molar-refractivity contribution >= 4 is 27.3 Å². The van der Waals surface area contributed by atoms with Crippen LogP contribution >= 0.6 is 0 Å². The van der Waals surface area contributed by atoms with Gasteiger partial charge in [-0.05, 0) is 43.9 Å². The fourth-order valence-corrected chi connectivity index (χ4v) is 4.89. The normalized spacial score (nSPS) is 13.3. The highest BCUT2D eigenvalue weighted by Gasteiger charge is 2.33. The predicted octanol–water partition coefficient (Wildman–Crippen LogP) is 4.02. The Morgan fingerprint density at radius 3 is 2.32 bits per heavy atom. The van der Waals surface area contributed by atoms with Crippen molar-refractivity contribution in [2.24, 2.45) is 0 Å². The van der Waals surface area contributed by atoms with Gasteiger partial charge in [0.05, 0.1) is 22.9 Å². The lowest BCUT2D eigenvalue weighted by Gasteiger charge is -2.31. The van der Waals surface area contributed by atoms with Gasteiger partial charge >= 0.3 is 0 Å². The fourth-order valence-electron chi connectivity index (χ4n) is 3.69. The van der Waals surface area contributed by atoms with E-state index in [0.29, 0.717) is 6.42 Å². The molecule has 1 N–H and O–H groups in total. The number of anilines is 1. The van der Waals surface area contributed by atoms with Crippen LogP contribution in [0.1, 0.15) is 49.4 Å². The van der Waals surface area contributed by atoms with Crippen molar-refractivity contribution in [3.05, 3.63) is 69.3 Å². The van der Waals surface area contributed by atoms with Crippen LogP contribution in [0.5, 0.6) is 0 Å². The number of nitrogens with zero attached hydrogens (tertiary/aromatic N) is 2. The molecule has 0 bridgehead atoms. The molecule has 168 valence electrons. The molecule has 0 radical (unpaired) electrons. The average molecular weight is 448 g/mol. The number of nitrogens with one attached hydrogen (secondary N) is 1. The van der Waals surface area contributed by atoms with Crippen molar-refractivity contribution < 1.29 is 18.1 Å². The Bertz CT molecular complexity index is 1070. The summed E-state index contributed by atoms with van der Waals surface area (Å²) in [7, 11) is -3.89. The number of hydrogen-bond acceptors (Lipinski definition) is 5. The number of rotatable bonds is 9. The van der Waals surface area contributed by atoms with Gasteiger partial charge < -0.3 is 5.32 Å². The third kappa shape index (κ3) is 5.81. The summed E-state index contributed by atoms with van der Waals surface area (Å²) in [6.07, 6.45) is 1.82. The summed E-state index contributed by atoms with van der Waals surface area (Å²) < 4.78 is 26.2. The minimum atomic E-state index is -3.89. The Labute approximate surface area is 183 Å². The molecule has 2 aromatic carbocycles. The van der Waals surface area contributed by atoms with Gasteiger partial charge in [-0.25, -0.2) is 8.42 Å². The smallest absolute Gasteiger partial charge is 0.271 e. The molecule has 0 fully saturated rings. The van der Waals surface area contributed by atoms with Crippen LogP contribution in [-0.2, 0) is 14.8 Å². The molecule has 8 nitrogen and oxygen atoms in total.